The number of benzene rings is 1. The molecule has 0 atom stereocenters. The average molecular weight is 271 g/mol. The van der Waals surface area contributed by atoms with Crippen LogP contribution in [0.3, 0.4) is 0 Å². The summed E-state index contributed by atoms with van der Waals surface area (Å²) in [5.74, 6) is -1.04. The molecule has 1 N–H and O–H groups in total. The second-order valence-electron chi connectivity index (χ2n) is 3.22. The van der Waals surface area contributed by atoms with Crippen molar-refractivity contribution in [1.82, 2.24) is 0 Å². The summed E-state index contributed by atoms with van der Waals surface area (Å²) in [6.45, 7) is 0. The number of hydrogen-bond donors (Lipinski definition) is 1. The van der Waals surface area contributed by atoms with E-state index >= 15 is 0 Å². The van der Waals surface area contributed by atoms with Crippen molar-refractivity contribution in [1.29, 1.82) is 5.26 Å². The van der Waals surface area contributed by atoms with Gasteiger partial charge in [0.05, 0.1) is 18.4 Å². The summed E-state index contributed by atoms with van der Waals surface area (Å²) in [7, 11) is 1.03. The van der Waals surface area contributed by atoms with Crippen LogP contribution in [0.4, 0.5) is 18.9 Å². The third-order valence-electron chi connectivity index (χ3n) is 2.01. The SMILES string of the molecule is COC(=O)C(C#N)=NNc1ccccc1C(F)(F)F. The molecule has 0 heterocycles. The van der Waals surface area contributed by atoms with Gasteiger partial charge < -0.3 is 4.74 Å². The van der Waals surface area contributed by atoms with Crippen molar-refractivity contribution >= 4 is 17.4 Å². The molecule has 0 aromatic heterocycles. The molecule has 1 aromatic carbocycles. The van der Waals surface area contributed by atoms with Crippen molar-refractivity contribution in [3.63, 3.8) is 0 Å². The smallest absolute Gasteiger partial charge is 0.418 e. The minimum atomic E-state index is -4.57. The number of anilines is 1. The number of rotatable bonds is 3. The Kier molecular flexibility index (Phi) is 4.47. The van der Waals surface area contributed by atoms with Crippen LogP contribution in [0.2, 0.25) is 0 Å². The number of ether oxygens (including phenoxy) is 1. The number of hydrogen-bond acceptors (Lipinski definition) is 5. The number of halogens is 3. The molecule has 100 valence electrons. The lowest BCUT2D eigenvalue weighted by molar-refractivity contribution is -0.137. The minimum absolute atomic E-state index is 0.369. The monoisotopic (exact) mass is 271 g/mol. The Hall–Kier alpha value is -2.56. The summed E-state index contributed by atoms with van der Waals surface area (Å²) < 4.78 is 42.1. The lowest BCUT2D eigenvalue weighted by atomic mass is 10.2. The number of nitrogens with one attached hydrogen (secondary N) is 1. The van der Waals surface area contributed by atoms with Crippen molar-refractivity contribution in [2.45, 2.75) is 6.18 Å². The molecular formula is C11H8F3N3O2. The van der Waals surface area contributed by atoms with E-state index in [0.29, 0.717) is 0 Å². The molecule has 0 saturated carbocycles. The van der Waals surface area contributed by atoms with Crippen LogP contribution < -0.4 is 5.43 Å². The fourth-order valence-electron chi connectivity index (χ4n) is 1.16. The predicted octanol–water partition coefficient (Wildman–Crippen LogP) is 2.17. The summed E-state index contributed by atoms with van der Waals surface area (Å²) in [5, 5.41) is 11.9. The van der Waals surface area contributed by atoms with Gasteiger partial charge in [0.2, 0.25) is 5.71 Å². The lowest BCUT2D eigenvalue weighted by Crippen LogP contribution is -2.16. The number of hydrazone groups is 1. The van der Waals surface area contributed by atoms with E-state index in [1.165, 1.54) is 18.2 Å². The van der Waals surface area contributed by atoms with Gasteiger partial charge in [0.1, 0.15) is 6.07 Å². The second kappa shape index (κ2) is 5.86. The standard InChI is InChI=1S/C11H8F3N3O2/c1-19-10(18)9(6-15)17-16-8-5-3-2-4-7(8)11(12,13)14/h2-5,16H,1H3. The third-order valence-corrected chi connectivity index (χ3v) is 2.01. The fraction of sp³-hybridized carbons (Fsp3) is 0.182. The highest BCUT2D eigenvalue weighted by Crippen LogP contribution is 2.34. The third kappa shape index (κ3) is 3.70. The number of para-hydroxylation sites is 1. The van der Waals surface area contributed by atoms with E-state index in [4.69, 9.17) is 5.26 Å². The van der Waals surface area contributed by atoms with E-state index in [9.17, 15) is 18.0 Å². The Morgan fingerprint density at radius 2 is 2.05 bits per heavy atom. The van der Waals surface area contributed by atoms with Crippen LogP contribution in [0, 0.1) is 11.3 Å². The zero-order valence-electron chi connectivity index (χ0n) is 9.65. The molecule has 0 saturated heterocycles. The number of nitrogens with zero attached hydrogens (tertiary/aromatic N) is 2. The number of esters is 1. The van der Waals surface area contributed by atoms with E-state index in [-0.39, 0.29) is 5.69 Å². The molecule has 0 bridgehead atoms. The summed E-state index contributed by atoms with van der Waals surface area (Å²) in [4.78, 5) is 11.0. The van der Waals surface area contributed by atoms with Gasteiger partial charge in [-0.15, -0.1) is 0 Å². The first-order valence-electron chi connectivity index (χ1n) is 4.88. The lowest BCUT2D eigenvalue weighted by Gasteiger charge is -2.11. The molecule has 0 radical (unpaired) electrons. The Morgan fingerprint density at radius 1 is 1.42 bits per heavy atom. The van der Waals surface area contributed by atoms with Gasteiger partial charge in [-0.1, -0.05) is 12.1 Å². The number of alkyl halides is 3. The molecule has 1 aromatic rings. The first kappa shape index (κ1) is 14.5. The highest BCUT2D eigenvalue weighted by atomic mass is 19.4. The Labute approximate surface area is 106 Å². The quantitative estimate of drug-likeness (QED) is 0.519. The maximum absolute atomic E-state index is 12.6. The van der Waals surface area contributed by atoms with E-state index in [1.807, 2.05) is 5.43 Å². The molecule has 5 nitrogen and oxygen atoms in total. The molecule has 0 aliphatic carbocycles. The number of carbonyl (C=O) groups is 1. The van der Waals surface area contributed by atoms with Gasteiger partial charge in [0, 0.05) is 0 Å². The van der Waals surface area contributed by atoms with Gasteiger partial charge in [-0.2, -0.15) is 23.5 Å². The van der Waals surface area contributed by atoms with Crippen LogP contribution in [0.15, 0.2) is 29.4 Å². The zero-order chi connectivity index (χ0) is 14.5. The van der Waals surface area contributed by atoms with E-state index < -0.39 is 23.4 Å². The fourth-order valence-corrected chi connectivity index (χ4v) is 1.16. The van der Waals surface area contributed by atoms with E-state index in [1.54, 1.807) is 0 Å². The molecule has 0 spiro atoms. The van der Waals surface area contributed by atoms with Gasteiger partial charge in [0.15, 0.2) is 0 Å². The molecule has 0 fully saturated rings. The van der Waals surface area contributed by atoms with Crippen LogP contribution >= 0.6 is 0 Å². The maximum atomic E-state index is 12.6. The summed E-state index contributed by atoms with van der Waals surface area (Å²) in [6, 6.07) is 5.96. The Balaban J connectivity index is 3.05. The van der Waals surface area contributed by atoms with Crippen LogP contribution in [-0.4, -0.2) is 18.8 Å². The molecule has 19 heavy (non-hydrogen) atoms. The van der Waals surface area contributed by atoms with Gasteiger partial charge in [0.25, 0.3) is 0 Å². The van der Waals surface area contributed by atoms with Crippen molar-refractivity contribution in [2.75, 3.05) is 12.5 Å². The molecule has 1 rings (SSSR count). The highest BCUT2D eigenvalue weighted by Gasteiger charge is 2.33. The Morgan fingerprint density at radius 3 is 2.58 bits per heavy atom. The molecule has 8 heteroatoms. The molecular weight excluding hydrogens is 263 g/mol. The first-order valence-corrected chi connectivity index (χ1v) is 4.88. The average Bonchev–Trinajstić information content (AvgIpc) is 2.38. The number of methoxy groups -OCH3 is 1. The summed E-state index contributed by atoms with van der Waals surface area (Å²) in [5.41, 5.74) is 0.0233. The first-order chi connectivity index (χ1) is 8.90. The van der Waals surface area contributed by atoms with Crippen LogP contribution in [0.25, 0.3) is 0 Å². The van der Waals surface area contributed by atoms with Gasteiger partial charge in [-0.05, 0) is 12.1 Å². The predicted molar refractivity (Wildman–Crippen MR) is 60.1 cm³/mol. The molecule has 0 aliphatic heterocycles. The van der Waals surface area contributed by atoms with Gasteiger partial charge in [-0.25, -0.2) is 4.79 Å². The van der Waals surface area contributed by atoms with Crippen molar-refractivity contribution in [3.05, 3.63) is 29.8 Å². The van der Waals surface area contributed by atoms with Crippen LogP contribution in [0.1, 0.15) is 5.56 Å². The highest BCUT2D eigenvalue weighted by molar-refractivity contribution is 6.43. The van der Waals surface area contributed by atoms with E-state index in [2.05, 4.69) is 9.84 Å². The maximum Gasteiger partial charge on any atom is 0.418 e. The largest absolute Gasteiger partial charge is 0.464 e. The van der Waals surface area contributed by atoms with Gasteiger partial charge in [-0.3, -0.25) is 5.43 Å². The normalized spacial score (nSPS) is 11.6. The summed E-state index contributed by atoms with van der Waals surface area (Å²) >= 11 is 0. The number of nitriles is 1. The van der Waals surface area contributed by atoms with Crippen LogP contribution in [0.5, 0.6) is 0 Å². The van der Waals surface area contributed by atoms with Crippen LogP contribution in [-0.2, 0) is 15.7 Å². The Bertz CT molecular complexity index is 547. The van der Waals surface area contributed by atoms with Gasteiger partial charge >= 0.3 is 12.1 Å². The number of carbonyl (C=O) groups excluding carboxylic acids is 1. The minimum Gasteiger partial charge on any atom is -0.464 e. The van der Waals surface area contributed by atoms with E-state index in [0.717, 1.165) is 19.2 Å². The molecule has 0 aliphatic rings. The zero-order valence-corrected chi connectivity index (χ0v) is 9.65. The summed E-state index contributed by atoms with van der Waals surface area (Å²) in [6.07, 6.45) is -4.57. The topological polar surface area (TPSA) is 74.5 Å². The second-order valence-corrected chi connectivity index (χ2v) is 3.22. The van der Waals surface area contributed by atoms with Crippen molar-refractivity contribution in [3.8, 4) is 6.07 Å². The molecule has 0 amide bonds. The molecule has 0 unspecified atom stereocenters. The van der Waals surface area contributed by atoms with Crippen molar-refractivity contribution < 1.29 is 22.7 Å². The van der Waals surface area contributed by atoms with Crippen molar-refractivity contribution in [2.24, 2.45) is 5.10 Å².